The second-order valence-corrected chi connectivity index (χ2v) is 15.7. The topological polar surface area (TPSA) is 244 Å². The van der Waals surface area contributed by atoms with Gasteiger partial charge in [0.05, 0.1) is 30.5 Å². The quantitative estimate of drug-likeness (QED) is 0.132. The first kappa shape index (κ1) is 34.1. The van der Waals surface area contributed by atoms with E-state index in [0.717, 1.165) is 39.0 Å². The SMILES string of the molecule is COCC(OC[C@H]1O[C@@H](n2ncc3c(NC4CCCC4)cc(Cl)nc32)[C@H](O)[C@@H]1O)(C(=O)N=S(C)(=O)NC(=O)C1CC1)P(=O)(O)O. The third kappa shape index (κ3) is 7.20. The predicted octanol–water partition coefficient (Wildman–Crippen LogP) is 0.661. The number of aromatic nitrogens is 3. The Morgan fingerprint density at radius 3 is 2.56 bits per heavy atom. The maximum absolute atomic E-state index is 13.2. The summed E-state index contributed by atoms with van der Waals surface area (Å²) in [5.41, 5.74) is 0.926. The number of nitrogens with one attached hydrogen (secondary N) is 2. The molecule has 1 saturated heterocycles. The number of halogens is 1. The zero-order valence-electron chi connectivity index (χ0n) is 24.4. The highest BCUT2D eigenvalue weighted by Gasteiger charge is 2.57. The van der Waals surface area contributed by atoms with Gasteiger partial charge in [-0.3, -0.25) is 18.9 Å². The first-order valence-electron chi connectivity index (χ1n) is 14.2. The van der Waals surface area contributed by atoms with E-state index in [-0.39, 0.29) is 22.8 Å². The highest BCUT2D eigenvalue weighted by Crippen LogP contribution is 2.53. The molecule has 6 N–H and O–H groups in total. The van der Waals surface area contributed by atoms with E-state index in [9.17, 15) is 38.4 Å². The summed E-state index contributed by atoms with van der Waals surface area (Å²) in [5, 5.41) is 27.1. The molecular weight excluding hydrogens is 659 g/mol. The number of carbonyl (C=O) groups is 2. The van der Waals surface area contributed by atoms with Gasteiger partial charge in [0.15, 0.2) is 11.9 Å². The van der Waals surface area contributed by atoms with E-state index < -0.39 is 72.4 Å². The van der Waals surface area contributed by atoms with Gasteiger partial charge in [0, 0.05) is 25.3 Å². The molecule has 250 valence electrons. The van der Waals surface area contributed by atoms with Crippen LogP contribution in [0.15, 0.2) is 16.6 Å². The van der Waals surface area contributed by atoms with Gasteiger partial charge in [-0.1, -0.05) is 24.4 Å². The average molecular weight is 695 g/mol. The molecule has 2 saturated carbocycles. The van der Waals surface area contributed by atoms with Crippen LogP contribution in [0.1, 0.15) is 44.8 Å². The second-order valence-electron chi connectivity index (χ2n) is 11.5. The number of fused-ring (bicyclic) bond motifs is 1. The maximum Gasteiger partial charge on any atom is 0.369 e. The molecule has 17 nitrogen and oxygen atoms in total. The van der Waals surface area contributed by atoms with Crippen molar-refractivity contribution >= 4 is 57.6 Å². The summed E-state index contributed by atoms with van der Waals surface area (Å²) in [5.74, 6) is -2.66. The first-order chi connectivity index (χ1) is 21.2. The monoisotopic (exact) mass is 694 g/mol. The summed E-state index contributed by atoms with van der Waals surface area (Å²) in [6.07, 6.45) is 1.68. The first-order valence-corrected chi connectivity index (χ1v) is 18.2. The Labute approximate surface area is 263 Å². The number of nitrogens with zero attached hydrogens (tertiary/aromatic N) is 4. The van der Waals surface area contributed by atoms with Gasteiger partial charge in [0.2, 0.25) is 5.91 Å². The van der Waals surface area contributed by atoms with Gasteiger partial charge >= 0.3 is 13.5 Å². The molecule has 0 radical (unpaired) electrons. The number of aliphatic hydroxyl groups is 2. The van der Waals surface area contributed by atoms with Crippen molar-refractivity contribution in [3.8, 4) is 0 Å². The molecule has 3 fully saturated rings. The van der Waals surface area contributed by atoms with Gasteiger partial charge in [0.25, 0.3) is 5.34 Å². The lowest BCUT2D eigenvalue weighted by molar-refractivity contribution is -0.149. The number of anilines is 1. The number of carbonyl (C=O) groups excluding carboxylic acids is 2. The summed E-state index contributed by atoms with van der Waals surface area (Å²) < 4.78 is 48.5. The smallest absolute Gasteiger partial charge is 0.369 e. The molecule has 2 unspecified atom stereocenters. The highest BCUT2D eigenvalue weighted by atomic mass is 35.5. The summed E-state index contributed by atoms with van der Waals surface area (Å²) in [7, 11) is -8.34. The molecule has 5 rings (SSSR count). The Bertz CT molecular complexity index is 1620. The van der Waals surface area contributed by atoms with Crippen molar-refractivity contribution in [2.75, 3.05) is 31.9 Å². The molecule has 6 atom stereocenters. The highest BCUT2D eigenvalue weighted by molar-refractivity contribution is 7.91. The van der Waals surface area contributed by atoms with Gasteiger partial charge in [-0.05, 0) is 31.7 Å². The van der Waals surface area contributed by atoms with Gasteiger partial charge in [-0.2, -0.15) is 5.10 Å². The Kier molecular flexibility index (Phi) is 9.92. The van der Waals surface area contributed by atoms with Crippen LogP contribution >= 0.6 is 19.2 Å². The number of aliphatic hydroxyl groups excluding tert-OH is 2. The summed E-state index contributed by atoms with van der Waals surface area (Å²) in [6.45, 7) is -1.89. The van der Waals surface area contributed by atoms with E-state index in [1.54, 1.807) is 6.07 Å². The van der Waals surface area contributed by atoms with E-state index >= 15 is 0 Å². The second kappa shape index (κ2) is 13.1. The van der Waals surface area contributed by atoms with Crippen molar-refractivity contribution in [3.63, 3.8) is 0 Å². The molecule has 2 aromatic rings. The minimum atomic E-state index is -5.60. The third-order valence-electron chi connectivity index (χ3n) is 7.95. The van der Waals surface area contributed by atoms with Gasteiger partial charge < -0.3 is 39.5 Å². The van der Waals surface area contributed by atoms with E-state index in [1.165, 1.54) is 10.9 Å². The molecule has 2 aliphatic carbocycles. The number of pyridine rings is 1. The number of amides is 2. The molecule has 0 bridgehead atoms. The molecule has 3 aliphatic rings. The van der Waals surface area contributed by atoms with Crippen LogP contribution in [0.25, 0.3) is 11.0 Å². The summed E-state index contributed by atoms with van der Waals surface area (Å²) >= 11 is 6.30. The van der Waals surface area contributed by atoms with Crippen LogP contribution in [-0.2, 0) is 38.3 Å². The molecular formula is C25H36ClN6O11PS. The van der Waals surface area contributed by atoms with Crippen molar-refractivity contribution in [2.24, 2.45) is 10.3 Å². The standard InChI is InChI=1S/C25H36ClN6O11PS/c1-41-12-25(44(37,38)39,24(36)31-45(2,40)30-22(35)13-7-8-13)42-11-17-19(33)20(34)23(43-17)32-21-15(10-27-32)16(9-18(26)29-21)28-14-5-3-4-6-14/h9-10,13-14,17,19-20,23,33-34H,3-8,11-12H2,1-2H3,(H,28,29)(H2,37,38,39)(H,30,31,35,36,40)/t17-,19-,20-,23-,25?,45?/m1/s1. The lowest BCUT2D eigenvalue weighted by Gasteiger charge is -2.31. The Morgan fingerprint density at radius 2 is 1.93 bits per heavy atom. The molecule has 2 amide bonds. The molecule has 45 heavy (non-hydrogen) atoms. The Hall–Kier alpha value is -2.25. The van der Waals surface area contributed by atoms with Crippen LogP contribution in [0.5, 0.6) is 0 Å². The fraction of sp³-hybridized carbons (Fsp3) is 0.680. The largest absolute Gasteiger partial charge is 0.387 e. The maximum atomic E-state index is 13.2. The molecule has 3 heterocycles. The summed E-state index contributed by atoms with van der Waals surface area (Å²) in [6, 6.07) is 1.91. The average Bonchev–Trinajstić information content (AvgIpc) is 3.42. The lowest BCUT2D eigenvalue weighted by atomic mass is 10.1. The predicted molar refractivity (Wildman–Crippen MR) is 159 cm³/mol. The molecule has 20 heteroatoms. The number of hydrogen-bond donors (Lipinski definition) is 6. The van der Waals surface area contributed by atoms with E-state index in [2.05, 4.69) is 24.5 Å². The zero-order chi connectivity index (χ0) is 32.7. The minimum Gasteiger partial charge on any atom is -0.387 e. The van der Waals surface area contributed by atoms with Crippen LogP contribution in [-0.4, -0.2) is 107 Å². The van der Waals surface area contributed by atoms with E-state index in [1.807, 2.05) is 0 Å². The zero-order valence-corrected chi connectivity index (χ0v) is 26.9. The number of hydrogen-bond acceptors (Lipinski definition) is 12. The van der Waals surface area contributed by atoms with Crippen LogP contribution in [0.3, 0.4) is 0 Å². The number of ether oxygens (including phenoxy) is 3. The minimum absolute atomic E-state index is 0.145. The number of methoxy groups -OCH3 is 1. The van der Waals surface area contributed by atoms with Crippen molar-refractivity contribution in [1.29, 1.82) is 0 Å². The van der Waals surface area contributed by atoms with Crippen LogP contribution in [0.4, 0.5) is 5.69 Å². The van der Waals surface area contributed by atoms with Gasteiger partial charge in [0.1, 0.15) is 33.4 Å². The van der Waals surface area contributed by atoms with Crippen molar-refractivity contribution in [2.45, 2.75) is 74.4 Å². The lowest BCUT2D eigenvalue weighted by Crippen LogP contribution is -2.48. The molecule has 0 spiro atoms. The van der Waals surface area contributed by atoms with Gasteiger partial charge in [-0.25, -0.2) is 13.9 Å². The van der Waals surface area contributed by atoms with Crippen LogP contribution in [0.2, 0.25) is 5.15 Å². The molecule has 2 aromatic heterocycles. The third-order valence-corrected chi connectivity index (χ3v) is 10.6. The van der Waals surface area contributed by atoms with Crippen molar-refractivity contribution < 1.29 is 52.6 Å². The molecule has 0 aromatic carbocycles. The Morgan fingerprint density at radius 1 is 1.24 bits per heavy atom. The number of rotatable bonds is 12. The van der Waals surface area contributed by atoms with E-state index in [0.29, 0.717) is 23.9 Å². The van der Waals surface area contributed by atoms with Crippen LogP contribution < -0.4 is 10.0 Å². The van der Waals surface area contributed by atoms with E-state index in [4.69, 9.17) is 25.8 Å². The van der Waals surface area contributed by atoms with Gasteiger partial charge in [-0.15, -0.1) is 4.36 Å². The normalized spacial score (nSPS) is 26.8. The van der Waals surface area contributed by atoms with Crippen molar-refractivity contribution in [1.82, 2.24) is 19.5 Å². The fourth-order valence-electron chi connectivity index (χ4n) is 5.39. The van der Waals surface area contributed by atoms with Crippen LogP contribution in [0, 0.1) is 5.92 Å². The Balaban J connectivity index is 1.38. The fourth-order valence-corrected chi connectivity index (χ4v) is 7.54. The molecule has 1 aliphatic heterocycles. The van der Waals surface area contributed by atoms with Crippen molar-refractivity contribution in [3.05, 3.63) is 17.4 Å². The summed E-state index contributed by atoms with van der Waals surface area (Å²) in [4.78, 5) is 50.1.